The molecule has 0 spiro atoms. The van der Waals surface area contributed by atoms with Crippen molar-refractivity contribution in [2.24, 2.45) is 0 Å². The highest BCUT2D eigenvalue weighted by Gasteiger charge is 2.18. The van der Waals surface area contributed by atoms with Gasteiger partial charge in [0.1, 0.15) is 5.56 Å². The van der Waals surface area contributed by atoms with Gasteiger partial charge in [-0.2, -0.15) is 0 Å². The Bertz CT molecular complexity index is 874. The Morgan fingerprint density at radius 1 is 1.12 bits per heavy atom. The molecule has 2 aromatic carbocycles. The number of carbonyl (C=O) groups is 1. The molecule has 0 fully saturated rings. The van der Waals surface area contributed by atoms with Crippen LogP contribution in [-0.2, 0) is 13.1 Å². The van der Waals surface area contributed by atoms with Crippen molar-refractivity contribution in [2.45, 2.75) is 13.1 Å². The lowest BCUT2D eigenvalue weighted by Gasteiger charge is -2.07. The van der Waals surface area contributed by atoms with Crippen molar-refractivity contribution >= 4 is 11.6 Å². The first kappa shape index (κ1) is 16.4. The van der Waals surface area contributed by atoms with Crippen molar-refractivity contribution in [2.75, 3.05) is 0 Å². The minimum atomic E-state index is -0.556. The van der Waals surface area contributed by atoms with Gasteiger partial charge in [0, 0.05) is 31.5 Å². The highest BCUT2D eigenvalue weighted by atomic mass is 16.6. The second kappa shape index (κ2) is 7.39. The average molecular weight is 336 g/mol. The number of nitrogens with one attached hydrogen (secondary N) is 1. The molecule has 0 radical (unpaired) electrons. The maximum Gasteiger partial charge on any atom is 0.282 e. The van der Waals surface area contributed by atoms with Crippen LogP contribution in [0.1, 0.15) is 21.5 Å². The fourth-order valence-electron chi connectivity index (χ4n) is 2.46. The molecule has 3 rings (SSSR count). The number of imidazole rings is 1. The fourth-order valence-corrected chi connectivity index (χ4v) is 2.46. The van der Waals surface area contributed by atoms with E-state index in [1.807, 2.05) is 35.0 Å². The van der Waals surface area contributed by atoms with Crippen LogP contribution in [0.4, 0.5) is 5.69 Å². The van der Waals surface area contributed by atoms with Gasteiger partial charge >= 0.3 is 0 Å². The molecule has 0 aliphatic rings. The van der Waals surface area contributed by atoms with E-state index in [2.05, 4.69) is 10.3 Å². The lowest BCUT2D eigenvalue weighted by Crippen LogP contribution is -2.23. The van der Waals surface area contributed by atoms with Gasteiger partial charge in [-0.05, 0) is 17.2 Å². The molecule has 7 heteroatoms. The Balaban J connectivity index is 1.62. The standard InChI is InChI=1S/C18H16N4O3/c23-18(16-3-1-2-4-17(16)22(24)25)20-11-14-5-7-15(8-6-14)12-21-10-9-19-13-21/h1-10,13H,11-12H2,(H,20,23). The molecule has 0 unspecified atom stereocenters. The highest BCUT2D eigenvalue weighted by molar-refractivity contribution is 5.98. The van der Waals surface area contributed by atoms with Crippen LogP contribution in [0.2, 0.25) is 0 Å². The van der Waals surface area contributed by atoms with E-state index in [-0.39, 0.29) is 11.3 Å². The van der Waals surface area contributed by atoms with E-state index in [1.165, 1.54) is 18.2 Å². The predicted octanol–water partition coefficient (Wildman–Crippen LogP) is 2.77. The number of rotatable bonds is 6. The molecule has 0 bridgehead atoms. The van der Waals surface area contributed by atoms with Gasteiger partial charge in [0.25, 0.3) is 11.6 Å². The summed E-state index contributed by atoms with van der Waals surface area (Å²) in [6, 6.07) is 13.7. The van der Waals surface area contributed by atoms with E-state index in [1.54, 1.807) is 18.6 Å². The highest BCUT2D eigenvalue weighted by Crippen LogP contribution is 2.17. The molecule has 0 aliphatic carbocycles. The first-order valence-corrected chi connectivity index (χ1v) is 7.68. The monoisotopic (exact) mass is 336 g/mol. The van der Waals surface area contributed by atoms with Crippen molar-refractivity contribution in [3.63, 3.8) is 0 Å². The van der Waals surface area contributed by atoms with E-state index < -0.39 is 10.8 Å². The van der Waals surface area contributed by atoms with E-state index in [4.69, 9.17) is 0 Å². The quantitative estimate of drug-likeness (QED) is 0.553. The Labute approximate surface area is 144 Å². The van der Waals surface area contributed by atoms with Crippen LogP contribution in [0.5, 0.6) is 0 Å². The molecule has 1 aromatic heterocycles. The van der Waals surface area contributed by atoms with Crippen LogP contribution >= 0.6 is 0 Å². The van der Waals surface area contributed by atoms with E-state index in [0.29, 0.717) is 6.54 Å². The number of aromatic nitrogens is 2. The van der Waals surface area contributed by atoms with Crippen molar-refractivity contribution in [1.82, 2.24) is 14.9 Å². The first-order chi connectivity index (χ1) is 12.1. The molecular weight excluding hydrogens is 320 g/mol. The van der Waals surface area contributed by atoms with Crippen molar-refractivity contribution < 1.29 is 9.72 Å². The summed E-state index contributed by atoms with van der Waals surface area (Å²) >= 11 is 0. The molecule has 0 atom stereocenters. The molecule has 0 aliphatic heterocycles. The number of benzene rings is 2. The number of nitro groups is 1. The van der Waals surface area contributed by atoms with Crippen molar-refractivity contribution in [3.8, 4) is 0 Å². The maximum absolute atomic E-state index is 12.2. The third-order valence-corrected chi connectivity index (χ3v) is 3.75. The van der Waals surface area contributed by atoms with Gasteiger partial charge in [-0.1, -0.05) is 36.4 Å². The minimum Gasteiger partial charge on any atom is -0.348 e. The maximum atomic E-state index is 12.2. The normalized spacial score (nSPS) is 10.4. The number of hydrogen-bond acceptors (Lipinski definition) is 4. The Kier molecular flexibility index (Phi) is 4.84. The van der Waals surface area contributed by atoms with Gasteiger partial charge in [-0.3, -0.25) is 14.9 Å². The first-order valence-electron chi connectivity index (χ1n) is 7.68. The number of para-hydroxylation sites is 1. The number of nitrogens with zero attached hydrogens (tertiary/aromatic N) is 3. The topological polar surface area (TPSA) is 90.1 Å². The lowest BCUT2D eigenvalue weighted by atomic mass is 10.1. The average Bonchev–Trinajstić information content (AvgIpc) is 3.14. The third-order valence-electron chi connectivity index (χ3n) is 3.75. The Hall–Kier alpha value is -3.48. The fraction of sp³-hybridized carbons (Fsp3) is 0.111. The second-order valence-electron chi connectivity index (χ2n) is 5.51. The van der Waals surface area contributed by atoms with E-state index in [9.17, 15) is 14.9 Å². The van der Waals surface area contributed by atoms with Crippen molar-refractivity contribution in [1.29, 1.82) is 0 Å². The summed E-state index contributed by atoms with van der Waals surface area (Å²) in [6.45, 7) is 1.03. The molecule has 126 valence electrons. The van der Waals surface area contributed by atoms with Gasteiger partial charge in [-0.15, -0.1) is 0 Å². The molecular formula is C18H16N4O3. The van der Waals surface area contributed by atoms with Crippen LogP contribution < -0.4 is 5.32 Å². The molecule has 7 nitrogen and oxygen atoms in total. The van der Waals surface area contributed by atoms with Gasteiger partial charge in [0.15, 0.2) is 0 Å². The van der Waals surface area contributed by atoms with Crippen molar-refractivity contribution in [3.05, 3.63) is 94.1 Å². The molecule has 25 heavy (non-hydrogen) atoms. The largest absolute Gasteiger partial charge is 0.348 e. The summed E-state index contributed by atoms with van der Waals surface area (Å²) in [5.74, 6) is -0.463. The summed E-state index contributed by atoms with van der Waals surface area (Å²) in [6.07, 6.45) is 5.37. The van der Waals surface area contributed by atoms with Gasteiger partial charge in [-0.25, -0.2) is 4.98 Å². The number of amides is 1. The zero-order chi connectivity index (χ0) is 17.6. The second-order valence-corrected chi connectivity index (χ2v) is 5.51. The van der Waals surface area contributed by atoms with Crippen LogP contribution in [0.15, 0.2) is 67.3 Å². The number of nitro benzene ring substituents is 1. The zero-order valence-electron chi connectivity index (χ0n) is 13.3. The summed E-state index contributed by atoms with van der Waals surface area (Å²) in [5.41, 5.74) is 1.90. The SMILES string of the molecule is O=C(NCc1ccc(Cn2ccnc2)cc1)c1ccccc1[N+](=O)[O-]. The molecule has 1 N–H and O–H groups in total. The Morgan fingerprint density at radius 2 is 1.84 bits per heavy atom. The summed E-state index contributed by atoms with van der Waals surface area (Å²) in [7, 11) is 0. The van der Waals surface area contributed by atoms with Crippen LogP contribution in [0.25, 0.3) is 0 Å². The summed E-state index contributed by atoms with van der Waals surface area (Å²) < 4.78 is 1.96. The predicted molar refractivity (Wildman–Crippen MR) is 92.0 cm³/mol. The lowest BCUT2D eigenvalue weighted by molar-refractivity contribution is -0.385. The molecule has 3 aromatic rings. The molecule has 1 heterocycles. The van der Waals surface area contributed by atoms with Crippen LogP contribution in [-0.4, -0.2) is 20.4 Å². The molecule has 1 amide bonds. The van der Waals surface area contributed by atoms with Gasteiger partial charge < -0.3 is 9.88 Å². The Morgan fingerprint density at radius 3 is 2.52 bits per heavy atom. The zero-order valence-corrected chi connectivity index (χ0v) is 13.3. The van der Waals surface area contributed by atoms with E-state index >= 15 is 0 Å². The smallest absolute Gasteiger partial charge is 0.282 e. The molecule has 0 saturated carbocycles. The summed E-state index contributed by atoms with van der Waals surface area (Å²) in [5, 5.41) is 13.7. The summed E-state index contributed by atoms with van der Waals surface area (Å²) in [4.78, 5) is 26.6. The van der Waals surface area contributed by atoms with Gasteiger partial charge in [0.2, 0.25) is 0 Å². The van der Waals surface area contributed by atoms with E-state index in [0.717, 1.165) is 17.7 Å². The van der Waals surface area contributed by atoms with Crippen LogP contribution in [0, 0.1) is 10.1 Å². The number of hydrogen-bond donors (Lipinski definition) is 1. The third kappa shape index (κ3) is 4.08. The van der Waals surface area contributed by atoms with Gasteiger partial charge in [0.05, 0.1) is 11.3 Å². The van der Waals surface area contributed by atoms with Crippen LogP contribution in [0.3, 0.4) is 0 Å². The minimum absolute atomic E-state index is 0.0595. The molecule has 0 saturated heterocycles. The number of carbonyl (C=O) groups excluding carboxylic acids is 1.